The zero-order valence-electron chi connectivity index (χ0n) is 11.4. The Kier molecular flexibility index (Phi) is 5.43. The van der Waals surface area contributed by atoms with Crippen LogP contribution in [0.3, 0.4) is 0 Å². The minimum Gasteiger partial charge on any atom is -0.313 e. The molecule has 1 nitrogen and oxygen atoms in total. The smallest absolute Gasteiger partial charge is 0.0205 e. The first-order valence-electron chi connectivity index (χ1n) is 6.45. The van der Waals surface area contributed by atoms with Crippen LogP contribution in [0, 0.1) is 0 Å². The lowest BCUT2D eigenvalue weighted by atomic mass is 9.87. The van der Waals surface area contributed by atoms with Crippen molar-refractivity contribution in [1.82, 2.24) is 5.32 Å². The second kappa shape index (κ2) is 6.61. The molecule has 17 heavy (non-hydrogen) atoms. The van der Waals surface area contributed by atoms with Gasteiger partial charge in [0.15, 0.2) is 0 Å². The number of hydrogen-bond donors (Lipinski definition) is 1. The highest BCUT2D eigenvalue weighted by atomic mass is 14.8. The fourth-order valence-corrected chi connectivity index (χ4v) is 1.73. The lowest BCUT2D eigenvalue weighted by Gasteiger charge is -2.19. The first-order valence-corrected chi connectivity index (χ1v) is 6.45. The first-order chi connectivity index (χ1) is 8.04. The third kappa shape index (κ3) is 5.18. The number of unbranched alkanes of at least 4 members (excludes halogenated alkanes) is 1. The van der Waals surface area contributed by atoms with Crippen LogP contribution in [0.25, 0.3) is 0 Å². The molecule has 0 fully saturated rings. The van der Waals surface area contributed by atoms with Crippen LogP contribution in [0.1, 0.15) is 44.7 Å². The van der Waals surface area contributed by atoms with Gasteiger partial charge in [-0.3, -0.25) is 0 Å². The van der Waals surface area contributed by atoms with Crippen LogP contribution in [-0.4, -0.2) is 6.54 Å². The van der Waals surface area contributed by atoms with E-state index in [2.05, 4.69) is 56.9 Å². The summed E-state index contributed by atoms with van der Waals surface area (Å²) in [4.78, 5) is 0. The van der Waals surface area contributed by atoms with E-state index >= 15 is 0 Å². The molecular weight excluding hydrogens is 206 g/mol. The molecule has 0 aromatic heterocycles. The van der Waals surface area contributed by atoms with Gasteiger partial charge in [0, 0.05) is 6.54 Å². The summed E-state index contributed by atoms with van der Waals surface area (Å²) in [6.07, 6.45) is 4.24. The Morgan fingerprint density at radius 1 is 1.18 bits per heavy atom. The normalized spacial score (nSPS) is 11.5. The van der Waals surface area contributed by atoms with E-state index < -0.39 is 0 Å². The third-order valence-electron chi connectivity index (χ3n) is 2.91. The lowest BCUT2D eigenvalue weighted by molar-refractivity contribution is 0.589. The summed E-state index contributed by atoms with van der Waals surface area (Å²) in [7, 11) is 0. The molecule has 1 N–H and O–H groups in total. The summed E-state index contributed by atoms with van der Waals surface area (Å²) < 4.78 is 0. The minimum absolute atomic E-state index is 0.246. The highest BCUT2D eigenvalue weighted by Crippen LogP contribution is 2.22. The average molecular weight is 231 g/mol. The molecule has 0 saturated carbocycles. The van der Waals surface area contributed by atoms with Gasteiger partial charge in [-0.15, -0.1) is 6.58 Å². The van der Waals surface area contributed by atoms with Crippen molar-refractivity contribution >= 4 is 0 Å². The lowest BCUT2D eigenvalue weighted by Crippen LogP contribution is -2.15. The molecule has 0 amide bonds. The second-order valence-electron chi connectivity index (χ2n) is 5.55. The maximum Gasteiger partial charge on any atom is 0.0205 e. The van der Waals surface area contributed by atoms with Crippen LogP contribution in [0.4, 0.5) is 0 Å². The maximum absolute atomic E-state index is 3.72. The minimum atomic E-state index is 0.246. The largest absolute Gasteiger partial charge is 0.313 e. The molecule has 0 bridgehead atoms. The van der Waals surface area contributed by atoms with Crippen LogP contribution < -0.4 is 5.32 Å². The Balaban J connectivity index is 2.38. The molecule has 0 spiro atoms. The maximum atomic E-state index is 3.72. The van der Waals surface area contributed by atoms with Crippen molar-refractivity contribution in [3.8, 4) is 0 Å². The van der Waals surface area contributed by atoms with Gasteiger partial charge in [0.05, 0.1) is 0 Å². The molecule has 0 aliphatic carbocycles. The molecule has 0 atom stereocenters. The quantitative estimate of drug-likeness (QED) is 0.575. The highest BCUT2D eigenvalue weighted by molar-refractivity contribution is 5.27. The molecule has 0 unspecified atom stereocenters. The van der Waals surface area contributed by atoms with E-state index in [0.29, 0.717) is 0 Å². The van der Waals surface area contributed by atoms with E-state index in [1.807, 2.05) is 6.08 Å². The van der Waals surface area contributed by atoms with Gasteiger partial charge >= 0.3 is 0 Å². The van der Waals surface area contributed by atoms with Crippen LogP contribution in [0.5, 0.6) is 0 Å². The number of rotatable bonds is 6. The Bertz CT molecular complexity index is 330. The van der Waals surface area contributed by atoms with Gasteiger partial charge in [0.2, 0.25) is 0 Å². The third-order valence-corrected chi connectivity index (χ3v) is 2.91. The van der Waals surface area contributed by atoms with Crippen LogP contribution in [0.15, 0.2) is 36.9 Å². The van der Waals surface area contributed by atoms with Gasteiger partial charge in [-0.05, 0) is 35.9 Å². The van der Waals surface area contributed by atoms with Gasteiger partial charge in [-0.2, -0.15) is 0 Å². The summed E-state index contributed by atoms with van der Waals surface area (Å²) >= 11 is 0. The van der Waals surface area contributed by atoms with Crippen LogP contribution in [0.2, 0.25) is 0 Å². The van der Waals surface area contributed by atoms with Crippen molar-refractivity contribution in [3.63, 3.8) is 0 Å². The molecule has 0 saturated heterocycles. The van der Waals surface area contributed by atoms with Crippen molar-refractivity contribution < 1.29 is 0 Å². The van der Waals surface area contributed by atoms with Crippen molar-refractivity contribution in [2.24, 2.45) is 0 Å². The zero-order valence-corrected chi connectivity index (χ0v) is 11.4. The fraction of sp³-hybridized carbons (Fsp3) is 0.500. The Morgan fingerprint density at radius 3 is 2.35 bits per heavy atom. The monoisotopic (exact) mass is 231 g/mol. The molecular formula is C16H25N. The van der Waals surface area contributed by atoms with Crippen molar-refractivity contribution in [2.45, 2.75) is 45.6 Å². The van der Waals surface area contributed by atoms with Gasteiger partial charge in [0.1, 0.15) is 0 Å². The molecule has 0 aliphatic heterocycles. The van der Waals surface area contributed by atoms with E-state index in [1.165, 1.54) is 17.5 Å². The van der Waals surface area contributed by atoms with E-state index in [4.69, 9.17) is 0 Å². The molecule has 0 heterocycles. The summed E-state index contributed by atoms with van der Waals surface area (Å²) in [6, 6.07) is 8.92. The zero-order chi connectivity index (χ0) is 12.7. The molecule has 94 valence electrons. The van der Waals surface area contributed by atoms with Crippen LogP contribution in [-0.2, 0) is 12.0 Å². The summed E-state index contributed by atoms with van der Waals surface area (Å²) in [5.74, 6) is 0. The summed E-state index contributed by atoms with van der Waals surface area (Å²) in [5, 5.41) is 3.45. The van der Waals surface area contributed by atoms with Crippen molar-refractivity contribution in [2.75, 3.05) is 6.54 Å². The predicted octanol–water partition coefficient (Wildman–Crippen LogP) is 4.04. The molecule has 0 aliphatic rings. The average Bonchev–Trinajstić information content (AvgIpc) is 2.28. The van der Waals surface area contributed by atoms with Crippen LogP contribution >= 0.6 is 0 Å². The Labute approximate surface area is 106 Å². The Hall–Kier alpha value is -1.08. The number of hydrogen-bond acceptors (Lipinski definition) is 1. The van der Waals surface area contributed by atoms with Crippen molar-refractivity contribution in [3.05, 3.63) is 48.0 Å². The van der Waals surface area contributed by atoms with Gasteiger partial charge in [-0.25, -0.2) is 0 Å². The molecule has 1 aromatic rings. The van der Waals surface area contributed by atoms with E-state index in [-0.39, 0.29) is 5.41 Å². The summed E-state index contributed by atoms with van der Waals surface area (Å²) in [5.41, 5.74) is 3.00. The fourth-order valence-electron chi connectivity index (χ4n) is 1.73. The predicted molar refractivity (Wildman–Crippen MR) is 76.3 cm³/mol. The number of allylic oxidation sites excluding steroid dienone is 1. The Morgan fingerprint density at radius 2 is 1.82 bits per heavy atom. The SMILES string of the molecule is C=CCCCNCc1ccc(C(C)(C)C)cc1. The van der Waals surface area contributed by atoms with E-state index in [1.54, 1.807) is 0 Å². The van der Waals surface area contributed by atoms with Gasteiger partial charge in [0.25, 0.3) is 0 Å². The van der Waals surface area contributed by atoms with E-state index in [0.717, 1.165) is 19.5 Å². The number of benzene rings is 1. The summed E-state index contributed by atoms with van der Waals surface area (Å²) in [6.45, 7) is 12.5. The molecule has 1 heteroatoms. The second-order valence-corrected chi connectivity index (χ2v) is 5.55. The highest BCUT2D eigenvalue weighted by Gasteiger charge is 2.12. The van der Waals surface area contributed by atoms with E-state index in [9.17, 15) is 0 Å². The molecule has 1 aromatic carbocycles. The van der Waals surface area contributed by atoms with Crippen molar-refractivity contribution in [1.29, 1.82) is 0 Å². The van der Waals surface area contributed by atoms with Gasteiger partial charge < -0.3 is 5.32 Å². The molecule has 0 radical (unpaired) electrons. The standard InChI is InChI=1S/C16H25N/c1-5-6-7-12-17-13-14-8-10-15(11-9-14)16(2,3)4/h5,8-11,17H,1,6-7,12-13H2,2-4H3. The molecule has 1 rings (SSSR count). The first kappa shape index (κ1) is 14.0. The topological polar surface area (TPSA) is 12.0 Å². The van der Waals surface area contributed by atoms with Gasteiger partial charge in [-0.1, -0.05) is 51.1 Å². The number of nitrogens with one attached hydrogen (secondary N) is 1.